The van der Waals surface area contributed by atoms with E-state index < -0.39 is 0 Å². The van der Waals surface area contributed by atoms with Crippen molar-refractivity contribution in [2.45, 2.75) is 26.8 Å². The van der Waals surface area contributed by atoms with Crippen LogP contribution in [0.15, 0.2) is 35.5 Å². The zero-order chi connectivity index (χ0) is 18.9. The molecule has 0 bridgehead atoms. The van der Waals surface area contributed by atoms with Gasteiger partial charge in [0.2, 0.25) is 0 Å². The molecule has 0 spiro atoms. The lowest BCUT2D eigenvalue weighted by Crippen LogP contribution is -2.38. The van der Waals surface area contributed by atoms with E-state index in [1.54, 1.807) is 11.3 Å². The molecule has 0 unspecified atom stereocenters. The Bertz CT molecular complexity index is 720. The number of benzene rings is 1. The molecule has 2 aromatic rings. The molecule has 1 aliphatic heterocycles. The summed E-state index contributed by atoms with van der Waals surface area (Å²) in [6.45, 7) is 8.86. The van der Waals surface area contributed by atoms with Gasteiger partial charge in [-0.2, -0.15) is 11.8 Å². The Morgan fingerprint density at radius 3 is 2.63 bits per heavy atom. The van der Waals surface area contributed by atoms with Crippen LogP contribution >= 0.6 is 23.1 Å². The lowest BCUT2D eigenvalue weighted by Gasteiger charge is -2.28. The van der Waals surface area contributed by atoms with E-state index in [0.29, 0.717) is 6.54 Å². The van der Waals surface area contributed by atoms with E-state index in [4.69, 9.17) is 4.99 Å². The first-order chi connectivity index (χ1) is 13.2. The molecule has 0 amide bonds. The Hall–Kier alpha value is -1.73. The third kappa shape index (κ3) is 6.43. The lowest BCUT2D eigenvalue weighted by atomic mass is 10.2. The maximum atomic E-state index is 4.72. The van der Waals surface area contributed by atoms with Gasteiger partial charge >= 0.3 is 0 Å². The molecule has 1 aromatic heterocycles. The Morgan fingerprint density at radius 1 is 1.19 bits per heavy atom. The minimum absolute atomic E-state index is 0.682. The van der Waals surface area contributed by atoms with Crippen molar-refractivity contribution >= 4 is 34.7 Å². The fourth-order valence-electron chi connectivity index (χ4n) is 2.95. The van der Waals surface area contributed by atoms with Crippen molar-refractivity contribution in [2.24, 2.45) is 4.99 Å². The highest BCUT2D eigenvalue weighted by atomic mass is 32.2. The number of thiazole rings is 1. The maximum Gasteiger partial charge on any atom is 0.191 e. The molecule has 2 heterocycles. The molecule has 3 rings (SSSR count). The number of anilines is 1. The number of aliphatic imine (C=N–C) groups is 1. The molecule has 0 atom stereocenters. The predicted molar refractivity (Wildman–Crippen MR) is 119 cm³/mol. The number of hydrogen-bond donors (Lipinski definition) is 2. The summed E-state index contributed by atoms with van der Waals surface area (Å²) in [5.74, 6) is 3.32. The van der Waals surface area contributed by atoms with Crippen LogP contribution < -0.4 is 15.5 Å². The van der Waals surface area contributed by atoms with Crippen molar-refractivity contribution in [3.05, 3.63) is 45.9 Å². The molecule has 1 fully saturated rings. The Morgan fingerprint density at radius 2 is 1.96 bits per heavy atom. The summed E-state index contributed by atoms with van der Waals surface area (Å²) < 4.78 is 0. The fraction of sp³-hybridized carbons (Fsp3) is 0.500. The summed E-state index contributed by atoms with van der Waals surface area (Å²) in [6.07, 6.45) is 2.86. The number of guanidine groups is 1. The number of hydrogen-bond acceptors (Lipinski definition) is 5. The van der Waals surface area contributed by atoms with Crippen LogP contribution in [0.5, 0.6) is 0 Å². The molecule has 5 nitrogen and oxygen atoms in total. The van der Waals surface area contributed by atoms with E-state index in [-0.39, 0.29) is 0 Å². The average Bonchev–Trinajstić information content (AvgIpc) is 3.12. The molecule has 27 heavy (non-hydrogen) atoms. The van der Waals surface area contributed by atoms with E-state index >= 15 is 0 Å². The normalized spacial score (nSPS) is 15.0. The highest BCUT2D eigenvalue weighted by molar-refractivity contribution is 7.99. The molecule has 1 saturated heterocycles. The summed E-state index contributed by atoms with van der Waals surface area (Å²) in [7, 11) is 0. The first-order valence-electron chi connectivity index (χ1n) is 9.59. The number of nitrogens with one attached hydrogen (secondary N) is 2. The monoisotopic (exact) mass is 403 g/mol. The largest absolute Gasteiger partial charge is 0.370 e. The molecule has 1 aliphatic rings. The molecule has 1 aromatic carbocycles. The van der Waals surface area contributed by atoms with Gasteiger partial charge in [-0.1, -0.05) is 12.1 Å². The third-order valence-electron chi connectivity index (χ3n) is 4.38. The summed E-state index contributed by atoms with van der Waals surface area (Å²) in [6, 6.07) is 8.85. The maximum absolute atomic E-state index is 4.72. The van der Waals surface area contributed by atoms with Crippen LogP contribution in [-0.2, 0) is 13.0 Å². The van der Waals surface area contributed by atoms with Crippen LogP contribution in [0.1, 0.15) is 22.4 Å². The van der Waals surface area contributed by atoms with Crippen LogP contribution in [-0.4, -0.2) is 48.6 Å². The van der Waals surface area contributed by atoms with Gasteiger partial charge in [-0.3, -0.25) is 0 Å². The first-order valence-corrected chi connectivity index (χ1v) is 11.6. The van der Waals surface area contributed by atoms with Crippen molar-refractivity contribution in [1.82, 2.24) is 15.6 Å². The van der Waals surface area contributed by atoms with Gasteiger partial charge in [-0.25, -0.2) is 9.98 Å². The number of rotatable bonds is 7. The summed E-state index contributed by atoms with van der Waals surface area (Å²) in [4.78, 5) is 12.9. The first kappa shape index (κ1) is 20.0. The van der Waals surface area contributed by atoms with Crippen LogP contribution in [0.3, 0.4) is 0 Å². The van der Waals surface area contributed by atoms with E-state index in [2.05, 4.69) is 58.6 Å². The number of aryl methyl sites for hydroxylation is 1. The second kappa shape index (κ2) is 10.6. The van der Waals surface area contributed by atoms with E-state index in [1.165, 1.54) is 32.6 Å². The standard InChI is InChI=1S/C20H29N5S2/c1-3-21-20(22-9-8-19-23-14-16(2)27-19)24-15-17-4-6-18(7-5-17)25-10-12-26-13-11-25/h4-7,14H,3,8-13,15H2,1-2H3,(H2,21,22,24). The van der Waals surface area contributed by atoms with Crippen molar-refractivity contribution < 1.29 is 0 Å². The molecular weight excluding hydrogens is 374 g/mol. The van der Waals surface area contributed by atoms with Gasteiger partial charge in [0, 0.05) is 60.9 Å². The summed E-state index contributed by atoms with van der Waals surface area (Å²) in [5.41, 5.74) is 2.56. The number of nitrogens with zero attached hydrogens (tertiary/aromatic N) is 3. The minimum atomic E-state index is 0.682. The predicted octanol–water partition coefficient (Wildman–Crippen LogP) is 3.30. The number of aromatic nitrogens is 1. The second-order valence-electron chi connectivity index (χ2n) is 6.50. The zero-order valence-electron chi connectivity index (χ0n) is 16.2. The van der Waals surface area contributed by atoms with E-state index in [9.17, 15) is 0 Å². The molecule has 146 valence electrons. The van der Waals surface area contributed by atoms with Crippen molar-refractivity contribution in [3.63, 3.8) is 0 Å². The molecule has 2 N–H and O–H groups in total. The Kier molecular flexibility index (Phi) is 7.83. The Labute approximate surface area is 170 Å². The van der Waals surface area contributed by atoms with Gasteiger partial charge in [0.25, 0.3) is 0 Å². The van der Waals surface area contributed by atoms with E-state index in [0.717, 1.165) is 38.6 Å². The topological polar surface area (TPSA) is 52.6 Å². The zero-order valence-corrected chi connectivity index (χ0v) is 17.8. The summed E-state index contributed by atoms with van der Waals surface area (Å²) in [5, 5.41) is 7.89. The fourth-order valence-corrected chi connectivity index (χ4v) is 4.64. The van der Waals surface area contributed by atoms with Gasteiger partial charge in [-0.05, 0) is 31.5 Å². The SMILES string of the molecule is CCNC(=NCc1ccc(N2CCSCC2)cc1)NCCc1ncc(C)s1. The van der Waals surface area contributed by atoms with Gasteiger partial charge in [0.15, 0.2) is 5.96 Å². The van der Waals surface area contributed by atoms with Crippen molar-refractivity contribution in [2.75, 3.05) is 42.6 Å². The Balaban J connectivity index is 1.50. The third-order valence-corrected chi connectivity index (χ3v) is 6.29. The van der Waals surface area contributed by atoms with Gasteiger partial charge in [0.1, 0.15) is 0 Å². The van der Waals surface area contributed by atoms with Crippen molar-refractivity contribution in [1.29, 1.82) is 0 Å². The average molecular weight is 404 g/mol. The quantitative estimate of drug-likeness (QED) is 0.549. The highest BCUT2D eigenvalue weighted by Gasteiger charge is 2.10. The molecule has 7 heteroatoms. The lowest BCUT2D eigenvalue weighted by molar-refractivity contribution is 0.796. The molecule has 0 aliphatic carbocycles. The second-order valence-corrected chi connectivity index (χ2v) is 9.05. The van der Waals surface area contributed by atoms with Gasteiger partial charge in [0.05, 0.1) is 11.6 Å². The number of thioether (sulfide) groups is 1. The highest BCUT2D eigenvalue weighted by Crippen LogP contribution is 2.20. The molecule has 0 radical (unpaired) electrons. The molecular formula is C20H29N5S2. The van der Waals surface area contributed by atoms with Gasteiger partial charge < -0.3 is 15.5 Å². The molecule has 0 saturated carbocycles. The van der Waals surface area contributed by atoms with E-state index in [1.807, 2.05) is 18.0 Å². The van der Waals surface area contributed by atoms with Gasteiger partial charge in [-0.15, -0.1) is 11.3 Å². The van der Waals surface area contributed by atoms with Crippen LogP contribution in [0.25, 0.3) is 0 Å². The smallest absolute Gasteiger partial charge is 0.191 e. The van der Waals surface area contributed by atoms with Crippen LogP contribution in [0, 0.1) is 6.92 Å². The van der Waals surface area contributed by atoms with Crippen molar-refractivity contribution in [3.8, 4) is 0 Å². The summed E-state index contributed by atoms with van der Waals surface area (Å²) >= 11 is 3.80. The minimum Gasteiger partial charge on any atom is -0.370 e. The van der Waals surface area contributed by atoms with Crippen LogP contribution in [0.2, 0.25) is 0 Å². The van der Waals surface area contributed by atoms with Crippen LogP contribution in [0.4, 0.5) is 5.69 Å².